The summed E-state index contributed by atoms with van der Waals surface area (Å²) >= 11 is 0. The van der Waals surface area contributed by atoms with E-state index in [4.69, 9.17) is 4.74 Å². The van der Waals surface area contributed by atoms with Crippen LogP contribution in [-0.2, 0) is 19.7 Å². The molecule has 2 aliphatic heterocycles. The number of anilines is 1. The number of hydrogen-bond acceptors (Lipinski definition) is 5. The van der Waals surface area contributed by atoms with Crippen molar-refractivity contribution in [1.82, 2.24) is 4.90 Å². The molecule has 0 saturated carbocycles. The highest BCUT2D eigenvalue weighted by atomic mass is 16.5. The maximum Gasteiger partial charge on any atom is 0.303 e. The minimum Gasteiger partial charge on any atom is -0.453 e. The number of nitrogens with zero attached hydrogens (tertiary/aromatic N) is 1. The quantitative estimate of drug-likeness (QED) is 0.655. The highest BCUT2D eigenvalue weighted by molar-refractivity contribution is 6.03. The molecule has 5 nitrogen and oxygen atoms in total. The van der Waals surface area contributed by atoms with Crippen molar-refractivity contribution in [2.75, 3.05) is 25.0 Å². The standard InChI is InChI=1S/C20H20N2O3/c1-14(23)25-13-5-4-11-22-12-10-20-15-6-2-3-7-16(15)21-17(19(20)22)8-9-18(20)24/h2-3,6-9,17,19,21H,10-13H2,1H3/t17-,19-,20+/m0/s1. The molecule has 0 radical (unpaired) electrons. The molecule has 0 aromatic heterocycles. The second kappa shape index (κ2) is 6.05. The van der Waals surface area contributed by atoms with Crippen LogP contribution in [0.5, 0.6) is 0 Å². The van der Waals surface area contributed by atoms with Crippen LogP contribution in [0.4, 0.5) is 5.69 Å². The maximum absolute atomic E-state index is 12.9. The van der Waals surface area contributed by atoms with Gasteiger partial charge in [-0.1, -0.05) is 36.1 Å². The molecular formula is C20H20N2O3. The van der Waals surface area contributed by atoms with Gasteiger partial charge in [0.2, 0.25) is 0 Å². The average molecular weight is 336 g/mol. The molecule has 4 rings (SSSR count). The monoisotopic (exact) mass is 336 g/mol. The molecule has 5 heteroatoms. The lowest BCUT2D eigenvalue weighted by Crippen LogP contribution is -2.60. The van der Waals surface area contributed by atoms with E-state index in [0.29, 0.717) is 6.54 Å². The summed E-state index contributed by atoms with van der Waals surface area (Å²) in [5, 5.41) is 3.56. The molecule has 0 spiro atoms. The van der Waals surface area contributed by atoms with Gasteiger partial charge in [-0.25, -0.2) is 0 Å². The number of fused-ring (bicyclic) bond motifs is 1. The molecule has 25 heavy (non-hydrogen) atoms. The molecule has 3 atom stereocenters. The Hall–Kier alpha value is -2.58. The predicted molar refractivity (Wildman–Crippen MR) is 94.1 cm³/mol. The van der Waals surface area contributed by atoms with Gasteiger partial charge in [-0.05, 0) is 24.1 Å². The third kappa shape index (κ3) is 2.45. The first-order chi connectivity index (χ1) is 12.1. The van der Waals surface area contributed by atoms with E-state index in [2.05, 4.69) is 28.1 Å². The zero-order valence-corrected chi connectivity index (χ0v) is 14.1. The number of esters is 1. The van der Waals surface area contributed by atoms with Gasteiger partial charge in [0.1, 0.15) is 0 Å². The van der Waals surface area contributed by atoms with Crippen molar-refractivity contribution in [2.45, 2.75) is 30.8 Å². The van der Waals surface area contributed by atoms with E-state index in [-0.39, 0.29) is 30.4 Å². The van der Waals surface area contributed by atoms with E-state index in [1.165, 1.54) is 6.92 Å². The molecule has 0 unspecified atom stereocenters. The van der Waals surface area contributed by atoms with Crippen molar-refractivity contribution in [3.8, 4) is 11.8 Å². The number of hydrogen-bond donors (Lipinski definition) is 1. The number of nitrogens with one attached hydrogen (secondary N) is 1. The van der Waals surface area contributed by atoms with Crippen LogP contribution in [0, 0.1) is 11.8 Å². The highest BCUT2D eigenvalue weighted by Crippen LogP contribution is 2.50. The highest BCUT2D eigenvalue weighted by Gasteiger charge is 2.59. The summed E-state index contributed by atoms with van der Waals surface area (Å²) in [5.74, 6) is 5.82. The fourth-order valence-corrected chi connectivity index (χ4v) is 4.42. The molecule has 2 heterocycles. The third-order valence-corrected chi connectivity index (χ3v) is 5.41. The Bertz CT molecular complexity index is 820. The summed E-state index contributed by atoms with van der Waals surface area (Å²) in [7, 11) is 0. The number of rotatable bonds is 2. The van der Waals surface area contributed by atoms with Gasteiger partial charge in [0.25, 0.3) is 0 Å². The second-order valence-electron chi connectivity index (χ2n) is 6.71. The lowest BCUT2D eigenvalue weighted by Gasteiger charge is -2.48. The number of likely N-dealkylation sites (tertiary alicyclic amines) is 1. The van der Waals surface area contributed by atoms with Crippen LogP contribution in [-0.4, -0.2) is 48.4 Å². The Kier molecular flexibility index (Phi) is 3.85. The number of carbonyl (C=O) groups is 2. The van der Waals surface area contributed by atoms with E-state index < -0.39 is 5.41 Å². The molecule has 128 valence electrons. The summed E-state index contributed by atoms with van der Waals surface area (Å²) in [6.45, 7) is 2.88. The largest absolute Gasteiger partial charge is 0.453 e. The molecule has 0 amide bonds. The SMILES string of the molecule is CC(=O)OCC#CCN1CC[C@]23C(=O)C=C[C@H](Nc4ccccc42)[C@H]13. The molecule has 2 bridgehead atoms. The van der Waals surface area contributed by atoms with E-state index in [1.807, 2.05) is 24.3 Å². The number of benzene rings is 1. The summed E-state index contributed by atoms with van der Waals surface area (Å²) < 4.78 is 4.84. The van der Waals surface area contributed by atoms with Gasteiger partial charge in [0.05, 0.1) is 24.0 Å². The van der Waals surface area contributed by atoms with Gasteiger partial charge >= 0.3 is 5.97 Å². The van der Waals surface area contributed by atoms with Gasteiger partial charge in [-0.15, -0.1) is 0 Å². The van der Waals surface area contributed by atoms with Gasteiger partial charge in [0, 0.05) is 19.2 Å². The Morgan fingerprint density at radius 2 is 2.24 bits per heavy atom. The number of ketones is 1. The van der Waals surface area contributed by atoms with E-state index in [1.54, 1.807) is 6.08 Å². The Labute approximate surface area is 147 Å². The molecule has 1 saturated heterocycles. The smallest absolute Gasteiger partial charge is 0.303 e. The van der Waals surface area contributed by atoms with Crippen LogP contribution in [0.25, 0.3) is 0 Å². The summed E-state index contributed by atoms with van der Waals surface area (Å²) in [6.07, 6.45) is 4.52. The van der Waals surface area contributed by atoms with Crippen LogP contribution >= 0.6 is 0 Å². The first-order valence-electron chi connectivity index (χ1n) is 8.55. The lowest BCUT2D eigenvalue weighted by atomic mass is 9.63. The van der Waals surface area contributed by atoms with E-state index >= 15 is 0 Å². The Balaban J connectivity index is 1.62. The third-order valence-electron chi connectivity index (χ3n) is 5.41. The van der Waals surface area contributed by atoms with Crippen LogP contribution in [0.3, 0.4) is 0 Å². The van der Waals surface area contributed by atoms with Crippen molar-refractivity contribution in [1.29, 1.82) is 0 Å². The lowest BCUT2D eigenvalue weighted by molar-refractivity contribution is -0.139. The minimum absolute atomic E-state index is 0.0722. The van der Waals surface area contributed by atoms with Crippen LogP contribution in [0.2, 0.25) is 0 Å². The first-order valence-corrected chi connectivity index (χ1v) is 8.55. The fourth-order valence-electron chi connectivity index (χ4n) is 4.42. The van der Waals surface area contributed by atoms with Gasteiger partial charge < -0.3 is 10.1 Å². The number of ether oxygens (including phenoxy) is 1. The van der Waals surface area contributed by atoms with Crippen molar-refractivity contribution in [2.24, 2.45) is 0 Å². The first kappa shape index (κ1) is 15.9. The maximum atomic E-state index is 12.9. The Morgan fingerprint density at radius 1 is 1.40 bits per heavy atom. The van der Waals surface area contributed by atoms with Gasteiger partial charge in [0.15, 0.2) is 12.4 Å². The van der Waals surface area contributed by atoms with Crippen molar-refractivity contribution in [3.05, 3.63) is 42.0 Å². The average Bonchev–Trinajstić information content (AvgIpc) is 3.00. The number of carbonyl (C=O) groups excluding carboxylic acids is 2. The summed E-state index contributed by atoms with van der Waals surface area (Å²) in [5.41, 5.74) is 1.68. The molecule has 1 N–H and O–H groups in total. The summed E-state index contributed by atoms with van der Waals surface area (Å²) in [4.78, 5) is 26.0. The topological polar surface area (TPSA) is 58.6 Å². The normalized spacial score (nSPS) is 29.1. The molecule has 1 aromatic carbocycles. The van der Waals surface area contributed by atoms with E-state index in [0.717, 1.165) is 24.2 Å². The number of para-hydroxylation sites is 1. The van der Waals surface area contributed by atoms with Crippen molar-refractivity contribution >= 4 is 17.4 Å². The zero-order valence-electron chi connectivity index (χ0n) is 14.1. The number of allylic oxidation sites excluding steroid dienone is 1. The fraction of sp³-hybridized carbons (Fsp3) is 0.400. The molecular weight excluding hydrogens is 316 g/mol. The molecule has 1 aliphatic carbocycles. The van der Waals surface area contributed by atoms with Gasteiger partial charge in [-0.2, -0.15) is 0 Å². The second-order valence-corrected chi connectivity index (χ2v) is 6.71. The van der Waals surface area contributed by atoms with Crippen molar-refractivity contribution in [3.63, 3.8) is 0 Å². The Morgan fingerprint density at radius 3 is 3.08 bits per heavy atom. The molecule has 3 aliphatic rings. The van der Waals surface area contributed by atoms with Gasteiger partial charge in [-0.3, -0.25) is 14.5 Å². The van der Waals surface area contributed by atoms with Crippen molar-refractivity contribution < 1.29 is 14.3 Å². The van der Waals surface area contributed by atoms with Crippen LogP contribution in [0.1, 0.15) is 18.9 Å². The van der Waals surface area contributed by atoms with E-state index in [9.17, 15) is 9.59 Å². The molecule has 1 fully saturated rings. The summed E-state index contributed by atoms with van der Waals surface area (Å²) in [6, 6.07) is 8.29. The zero-order chi connectivity index (χ0) is 17.4. The minimum atomic E-state index is -0.473. The van der Waals surface area contributed by atoms with Crippen LogP contribution < -0.4 is 5.32 Å². The predicted octanol–water partition coefficient (Wildman–Crippen LogP) is 1.50. The van der Waals surface area contributed by atoms with Crippen LogP contribution in [0.15, 0.2) is 36.4 Å². The molecule has 1 aromatic rings.